The van der Waals surface area contributed by atoms with E-state index in [2.05, 4.69) is 10.8 Å². The van der Waals surface area contributed by atoms with Crippen molar-refractivity contribution >= 4 is 11.9 Å². The van der Waals surface area contributed by atoms with Gasteiger partial charge in [0.2, 0.25) is 6.29 Å². The van der Waals surface area contributed by atoms with Gasteiger partial charge in [-0.1, -0.05) is 17.2 Å². The molecule has 0 aromatic carbocycles. The Balaban J connectivity index is 4.06. The number of ether oxygens (including phenoxy) is 1. The van der Waals surface area contributed by atoms with Gasteiger partial charge in [0.25, 0.3) is 0 Å². The molecule has 0 saturated carbocycles. The zero-order valence-electron chi connectivity index (χ0n) is 11.7. The summed E-state index contributed by atoms with van der Waals surface area (Å²) in [5.74, 6) is -1.79. The van der Waals surface area contributed by atoms with Crippen molar-refractivity contribution in [2.45, 2.75) is 52.7 Å². The molecule has 108 valence electrons. The van der Waals surface area contributed by atoms with Crippen LogP contribution in [0.2, 0.25) is 0 Å². The second-order valence-corrected chi connectivity index (χ2v) is 4.61. The minimum atomic E-state index is -1.31. The highest BCUT2D eigenvalue weighted by atomic mass is 16.6. The van der Waals surface area contributed by atoms with E-state index in [1.807, 2.05) is 20.8 Å². The summed E-state index contributed by atoms with van der Waals surface area (Å²) in [7, 11) is 0. The fraction of sp³-hybridized carbons (Fsp3) is 0.571. The lowest BCUT2D eigenvalue weighted by Gasteiger charge is -2.09. The number of carboxylic acid groups (broad SMARTS) is 1. The summed E-state index contributed by atoms with van der Waals surface area (Å²) in [6.07, 6.45) is 3.33. The van der Waals surface area contributed by atoms with Crippen molar-refractivity contribution in [2.24, 2.45) is 0 Å². The lowest BCUT2D eigenvalue weighted by Crippen LogP contribution is -2.16. The van der Waals surface area contributed by atoms with Crippen LogP contribution >= 0.6 is 0 Å². The number of esters is 1. The van der Waals surface area contributed by atoms with E-state index in [4.69, 9.17) is 5.11 Å². The molecule has 0 saturated heterocycles. The number of rotatable bonds is 8. The molecule has 0 radical (unpaired) electrons. The Hall–Kier alpha value is -1.62. The molecule has 0 rings (SSSR count). The maximum absolute atomic E-state index is 11.2. The molecular formula is C14H22O5. The summed E-state index contributed by atoms with van der Waals surface area (Å²) in [6.45, 7) is 5.86. The van der Waals surface area contributed by atoms with Crippen LogP contribution in [0.25, 0.3) is 0 Å². The molecule has 0 amide bonds. The molecule has 0 aliphatic heterocycles. The van der Waals surface area contributed by atoms with E-state index in [1.54, 1.807) is 0 Å². The average molecular weight is 270 g/mol. The Morgan fingerprint density at radius 1 is 1.16 bits per heavy atom. The number of carboxylic acids is 1. The minimum absolute atomic E-state index is 0.239. The van der Waals surface area contributed by atoms with Gasteiger partial charge >= 0.3 is 11.9 Å². The van der Waals surface area contributed by atoms with E-state index in [-0.39, 0.29) is 12.8 Å². The monoisotopic (exact) mass is 270 g/mol. The van der Waals surface area contributed by atoms with Crippen molar-refractivity contribution < 1.29 is 24.5 Å². The lowest BCUT2D eigenvalue weighted by atomic mass is 10.1. The number of allylic oxidation sites excluding steroid dienone is 3. The molecule has 0 aliphatic rings. The predicted octanol–water partition coefficient (Wildman–Crippen LogP) is 2.41. The lowest BCUT2D eigenvalue weighted by molar-refractivity contribution is -0.162. The van der Waals surface area contributed by atoms with Crippen LogP contribution < -0.4 is 0 Å². The van der Waals surface area contributed by atoms with Crippen molar-refractivity contribution in [3.63, 3.8) is 0 Å². The number of aliphatic carboxylic acids is 1. The topological polar surface area (TPSA) is 83.8 Å². The first-order valence-corrected chi connectivity index (χ1v) is 6.21. The smallest absolute Gasteiger partial charge is 0.308 e. The van der Waals surface area contributed by atoms with Crippen LogP contribution in [0, 0.1) is 0 Å². The number of hydrogen-bond donors (Lipinski definition) is 2. The second-order valence-electron chi connectivity index (χ2n) is 4.61. The highest BCUT2D eigenvalue weighted by Gasteiger charge is 2.10. The van der Waals surface area contributed by atoms with Crippen LogP contribution in [0.15, 0.2) is 23.3 Å². The van der Waals surface area contributed by atoms with E-state index in [0.717, 1.165) is 18.4 Å². The second kappa shape index (κ2) is 9.33. The Morgan fingerprint density at radius 2 is 1.79 bits per heavy atom. The largest absolute Gasteiger partial charge is 0.481 e. The molecule has 0 heterocycles. The van der Waals surface area contributed by atoms with Crippen molar-refractivity contribution in [3.8, 4) is 0 Å². The van der Waals surface area contributed by atoms with Gasteiger partial charge < -0.3 is 14.9 Å². The normalized spacial score (nSPS) is 12.7. The van der Waals surface area contributed by atoms with E-state index >= 15 is 0 Å². The van der Waals surface area contributed by atoms with Gasteiger partial charge in [0, 0.05) is 0 Å². The molecule has 0 spiro atoms. The molecule has 0 fully saturated rings. The number of carbonyl (C=O) groups excluding carboxylic acids is 1. The van der Waals surface area contributed by atoms with E-state index in [1.165, 1.54) is 11.6 Å². The Labute approximate surface area is 113 Å². The van der Waals surface area contributed by atoms with Gasteiger partial charge in [0.1, 0.15) is 0 Å². The highest BCUT2D eigenvalue weighted by molar-refractivity contribution is 5.76. The quantitative estimate of drug-likeness (QED) is 0.402. The Bertz CT molecular complexity index is 364. The molecule has 0 aromatic rings. The van der Waals surface area contributed by atoms with Crippen LogP contribution in [0.4, 0.5) is 0 Å². The number of aliphatic hydroxyl groups excluding tert-OH is 1. The standard InChI is InChI=1S/C14H22O5/c1-10(2)5-4-6-11(3)9-14(18)19-13(17)8-7-12(15)16/h5,9,14,18H,4,6-8H2,1-3H3,(H,15,16)/b11-9-. The summed E-state index contributed by atoms with van der Waals surface area (Å²) >= 11 is 0. The van der Waals surface area contributed by atoms with Gasteiger partial charge in [-0.15, -0.1) is 0 Å². The van der Waals surface area contributed by atoms with Gasteiger partial charge in [-0.3, -0.25) is 9.59 Å². The predicted molar refractivity (Wildman–Crippen MR) is 71.4 cm³/mol. The summed E-state index contributed by atoms with van der Waals surface area (Å²) < 4.78 is 4.66. The van der Waals surface area contributed by atoms with Crippen LogP contribution in [0.5, 0.6) is 0 Å². The third-order valence-electron chi connectivity index (χ3n) is 2.31. The third kappa shape index (κ3) is 11.2. The van der Waals surface area contributed by atoms with Gasteiger partial charge in [-0.05, 0) is 39.7 Å². The molecule has 1 unspecified atom stereocenters. The summed E-state index contributed by atoms with van der Waals surface area (Å²) in [4.78, 5) is 21.4. The van der Waals surface area contributed by atoms with Crippen LogP contribution in [0.1, 0.15) is 46.5 Å². The zero-order chi connectivity index (χ0) is 14.8. The van der Waals surface area contributed by atoms with Crippen molar-refractivity contribution in [1.82, 2.24) is 0 Å². The minimum Gasteiger partial charge on any atom is -0.481 e. The first-order chi connectivity index (χ1) is 8.81. The molecule has 0 aromatic heterocycles. The molecule has 19 heavy (non-hydrogen) atoms. The van der Waals surface area contributed by atoms with Crippen LogP contribution in [-0.2, 0) is 14.3 Å². The summed E-state index contributed by atoms with van der Waals surface area (Å²) in [6, 6.07) is 0. The average Bonchev–Trinajstić information content (AvgIpc) is 2.25. The van der Waals surface area contributed by atoms with E-state index in [9.17, 15) is 14.7 Å². The molecule has 0 bridgehead atoms. The summed E-state index contributed by atoms with van der Waals surface area (Å²) in [5, 5.41) is 17.9. The number of aliphatic hydroxyl groups is 1. The van der Waals surface area contributed by atoms with E-state index in [0.29, 0.717) is 0 Å². The number of carbonyl (C=O) groups is 2. The van der Waals surface area contributed by atoms with Gasteiger partial charge in [0.15, 0.2) is 0 Å². The van der Waals surface area contributed by atoms with Crippen molar-refractivity contribution in [2.75, 3.05) is 0 Å². The fourth-order valence-corrected chi connectivity index (χ4v) is 1.35. The molecule has 5 nitrogen and oxygen atoms in total. The van der Waals surface area contributed by atoms with Crippen LogP contribution in [-0.4, -0.2) is 28.4 Å². The molecule has 1 atom stereocenters. The fourth-order valence-electron chi connectivity index (χ4n) is 1.35. The van der Waals surface area contributed by atoms with Crippen molar-refractivity contribution in [1.29, 1.82) is 0 Å². The van der Waals surface area contributed by atoms with E-state index < -0.39 is 18.2 Å². The molecule has 2 N–H and O–H groups in total. The first-order valence-electron chi connectivity index (χ1n) is 6.21. The highest BCUT2D eigenvalue weighted by Crippen LogP contribution is 2.08. The zero-order valence-corrected chi connectivity index (χ0v) is 11.7. The first kappa shape index (κ1) is 17.4. The van der Waals surface area contributed by atoms with Crippen molar-refractivity contribution in [3.05, 3.63) is 23.3 Å². The molecule has 0 aliphatic carbocycles. The van der Waals surface area contributed by atoms with Gasteiger partial charge in [0.05, 0.1) is 12.8 Å². The third-order valence-corrected chi connectivity index (χ3v) is 2.31. The number of hydrogen-bond acceptors (Lipinski definition) is 4. The molecule has 5 heteroatoms. The van der Waals surface area contributed by atoms with Gasteiger partial charge in [-0.25, -0.2) is 0 Å². The van der Waals surface area contributed by atoms with Crippen LogP contribution in [0.3, 0.4) is 0 Å². The van der Waals surface area contributed by atoms with Gasteiger partial charge in [-0.2, -0.15) is 0 Å². The SMILES string of the molecule is CC(C)=CCC/C(C)=C\C(O)OC(=O)CCC(=O)O. The maximum Gasteiger partial charge on any atom is 0.308 e. The Kier molecular flexibility index (Phi) is 8.53. The Morgan fingerprint density at radius 3 is 2.32 bits per heavy atom. The summed E-state index contributed by atoms with van der Waals surface area (Å²) in [5.41, 5.74) is 2.14. The maximum atomic E-state index is 11.2. The molecular weight excluding hydrogens is 248 g/mol.